The molecule has 2 heterocycles. The molecule has 0 aliphatic rings. The molecule has 3 aromatic rings. The van der Waals surface area contributed by atoms with E-state index in [1.807, 2.05) is 49.4 Å². The van der Waals surface area contributed by atoms with Crippen LogP contribution < -0.4 is 4.74 Å². The number of hydrogen-bond acceptors (Lipinski definition) is 5. The zero-order chi connectivity index (χ0) is 18.9. The van der Waals surface area contributed by atoms with Crippen LogP contribution in [0.3, 0.4) is 0 Å². The zero-order valence-corrected chi connectivity index (χ0v) is 15.0. The molecule has 2 aromatic heterocycles. The highest BCUT2D eigenvalue weighted by Gasteiger charge is 2.02. The van der Waals surface area contributed by atoms with E-state index < -0.39 is 5.97 Å². The van der Waals surface area contributed by atoms with Crippen molar-refractivity contribution in [1.29, 1.82) is 0 Å². The second-order valence-electron chi connectivity index (χ2n) is 6.02. The molecule has 0 aliphatic carbocycles. The van der Waals surface area contributed by atoms with Gasteiger partial charge in [0, 0.05) is 36.3 Å². The predicted molar refractivity (Wildman–Crippen MR) is 103 cm³/mol. The minimum absolute atomic E-state index is 0.154. The number of ether oxygens (including phenoxy) is 2. The van der Waals surface area contributed by atoms with Gasteiger partial charge in [0.05, 0.1) is 0 Å². The van der Waals surface area contributed by atoms with Crippen molar-refractivity contribution in [2.45, 2.75) is 20.1 Å². The number of carbonyl (C=O) groups is 1. The van der Waals surface area contributed by atoms with E-state index in [0.717, 1.165) is 22.3 Å². The van der Waals surface area contributed by atoms with Gasteiger partial charge in [0.1, 0.15) is 13.2 Å². The first-order valence-electron chi connectivity index (χ1n) is 8.57. The van der Waals surface area contributed by atoms with Gasteiger partial charge in [0.15, 0.2) is 0 Å². The molecule has 0 unspecified atom stereocenters. The van der Waals surface area contributed by atoms with Crippen LogP contribution >= 0.6 is 0 Å². The summed E-state index contributed by atoms with van der Waals surface area (Å²) in [6, 6.07) is 15.4. The van der Waals surface area contributed by atoms with Crippen LogP contribution in [0, 0.1) is 6.92 Å². The average Bonchev–Trinajstić information content (AvgIpc) is 2.71. The Kier molecular flexibility index (Phi) is 6.30. The van der Waals surface area contributed by atoms with Gasteiger partial charge in [0.25, 0.3) is 0 Å². The monoisotopic (exact) mass is 360 g/mol. The largest absolute Gasteiger partial charge is 0.473 e. The molecule has 3 rings (SSSR count). The van der Waals surface area contributed by atoms with E-state index in [4.69, 9.17) is 9.47 Å². The maximum atomic E-state index is 11.8. The Labute approximate surface area is 158 Å². The Balaban J connectivity index is 1.46. The van der Waals surface area contributed by atoms with E-state index in [1.165, 1.54) is 6.08 Å². The van der Waals surface area contributed by atoms with Crippen molar-refractivity contribution in [2.75, 3.05) is 0 Å². The van der Waals surface area contributed by atoms with Crippen molar-refractivity contribution in [2.24, 2.45) is 0 Å². The first kappa shape index (κ1) is 18.3. The molecule has 5 nitrogen and oxygen atoms in total. The molecule has 27 heavy (non-hydrogen) atoms. The van der Waals surface area contributed by atoms with Gasteiger partial charge >= 0.3 is 5.97 Å². The first-order chi connectivity index (χ1) is 13.2. The van der Waals surface area contributed by atoms with Gasteiger partial charge in [-0.3, -0.25) is 4.98 Å². The SMILES string of the molecule is Cc1cncc(/C=C/C(=O)OCc2ccc(OCc3ccccc3)nc2)c1. The molecule has 0 saturated heterocycles. The fraction of sp³-hybridized carbons (Fsp3) is 0.136. The minimum atomic E-state index is -0.416. The average molecular weight is 360 g/mol. The molecule has 1 aromatic carbocycles. The van der Waals surface area contributed by atoms with Crippen LogP contribution in [0.4, 0.5) is 0 Å². The molecule has 0 bridgehead atoms. The van der Waals surface area contributed by atoms with Crippen molar-refractivity contribution >= 4 is 12.0 Å². The minimum Gasteiger partial charge on any atom is -0.473 e. The highest BCUT2D eigenvalue weighted by molar-refractivity contribution is 5.86. The quantitative estimate of drug-likeness (QED) is 0.468. The van der Waals surface area contributed by atoms with E-state index in [1.54, 1.807) is 30.7 Å². The molecule has 0 atom stereocenters. The van der Waals surface area contributed by atoms with Crippen LogP contribution in [0.5, 0.6) is 5.88 Å². The Morgan fingerprint density at radius 3 is 2.59 bits per heavy atom. The van der Waals surface area contributed by atoms with Gasteiger partial charge < -0.3 is 9.47 Å². The maximum Gasteiger partial charge on any atom is 0.331 e. The number of aromatic nitrogens is 2. The van der Waals surface area contributed by atoms with E-state index in [-0.39, 0.29) is 6.61 Å². The topological polar surface area (TPSA) is 61.3 Å². The Hall–Kier alpha value is -3.47. The standard InChI is InChI=1S/C22H20N2O3/c1-17-11-19(13-23-12-17)8-10-22(25)27-16-20-7-9-21(24-14-20)26-15-18-5-3-2-4-6-18/h2-14H,15-16H2,1H3/b10-8+. The van der Waals surface area contributed by atoms with E-state index in [9.17, 15) is 4.79 Å². The van der Waals surface area contributed by atoms with Gasteiger partial charge in [0.2, 0.25) is 5.88 Å². The number of carbonyl (C=O) groups excluding carboxylic acids is 1. The van der Waals surface area contributed by atoms with Crippen molar-refractivity contribution in [3.05, 3.63) is 95.5 Å². The van der Waals surface area contributed by atoms with Crippen molar-refractivity contribution in [3.8, 4) is 5.88 Å². The second kappa shape index (κ2) is 9.29. The van der Waals surface area contributed by atoms with E-state index >= 15 is 0 Å². The maximum absolute atomic E-state index is 11.8. The number of rotatable bonds is 7. The number of hydrogen-bond donors (Lipinski definition) is 0. The molecule has 0 N–H and O–H groups in total. The van der Waals surface area contributed by atoms with Crippen molar-refractivity contribution in [1.82, 2.24) is 9.97 Å². The zero-order valence-electron chi connectivity index (χ0n) is 15.0. The van der Waals surface area contributed by atoms with Gasteiger partial charge in [-0.15, -0.1) is 0 Å². The van der Waals surface area contributed by atoms with Crippen LogP contribution in [-0.2, 0) is 22.7 Å². The predicted octanol–water partition coefficient (Wildman–Crippen LogP) is 4.12. The molecule has 136 valence electrons. The lowest BCUT2D eigenvalue weighted by Gasteiger charge is -2.06. The summed E-state index contributed by atoms with van der Waals surface area (Å²) in [4.78, 5) is 20.1. The number of pyridine rings is 2. The molecule has 0 saturated carbocycles. The summed E-state index contributed by atoms with van der Waals surface area (Å²) in [5.74, 6) is 0.113. The normalized spacial score (nSPS) is 10.7. The Morgan fingerprint density at radius 2 is 1.85 bits per heavy atom. The molecule has 0 aliphatic heterocycles. The molecule has 0 radical (unpaired) electrons. The molecule has 0 amide bonds. The lowest BCUT2D eigenvalue weighted by molar-refractivity contribution is -0.138. The third-order valence-electron chi connectivity index (χ3n) is 3.72. The summed E-state index contributed by atoms with van der Waals surface area (Å²) in [6.07, 6.45) is 8.16. The third kappa shape index (κ3) is 6.08. The van der Waals surface area contributed by atoms with Gasteiger partial charge in [-0.2, -0.15) is 0 Å². The summed E-state index contributed by atoms with van der Waals surface area (Å²) in [7, 11) is 0. The van der Waals surface area contributed by atoms with Crippen LogP contribution in [0.25, 0.3) is 6.08 Å². The fourth-order valence-corrected chi connectivity index (χ4v) is 2.35. The Bertz CT molecular complexity index is 906. The summed E-state index contributed by atoms with van der Waals surface area (Å²) >= 11 is 0. The molecule has 0 fully saturated rings. The molecular weight excluding hydrogens is 340 g/mol. The van der Waals surface area contributed by atoms with Crippen LogP contribution in [-0.4, -0.2) is 15.9 Å². The second-order valence-corrected chi connectivity index (χ2v) is 6.02. The fourth-order valence-electron chi connectivity index (χ4n) is 2.35. The third-order valence-corrected chi connectivity index (χ3v) is 3.72. The van der Waals surface area contributed by atoms with Crippen LogP contribution in [0.1, 0.15) is 22.3 Å². The Morgan fingerprint density at radius 1 is 1.00 bits per heavy atom. The van der Waals surface area contributed by atoms with Gasteiger partial charge in [-0.05, 0) is 41.8 Å². The van der Waals surface area contributed by atoms with Crippen LogP contribution in [0.15, 0.2) is 73.2 Å². The summed E-state index contributed by atoms with van der Waals surface area (Å²) < 4.78 is 10.9. The molecule has 5 heteroatoms. The van der Waals surface area contributed by atoms with Gasteiger partial charge in [-0.1, -0.05) is 30.3 Å². The molecular formula is C22H20N2O3. The highest BCUT2D eigenvalue weighted by atomic mass is 16.5. The lowest BCUT2D eigenvalue weighted by Crippen LogP contribution is -2.02. The van der Waals surface area contributed by atoms with Crippen LogP contribution in [0.2, 0.25) is 0 Å². The first-order valence-corrected chi connectivity index (χ1v) is 8.57. The van der Waals surface area contributed by atoms with Gasteiger partial charge in [-0.25, -0.2) is 9.78 Å². The highest BCUT2D eigenvalue weighted by Crippen LogP contribution is 2.11. The number of benzene rings is 1. The molecule has 0 spiro atoms. The smallest absolute Gasteiger partial charge is 0.331 e. The van der Waals surface area contributed by atoms with Crippen molar-refractivity contribution in [3.63, 3.8) is 0 Å². The van der Waals surface area contributed by atoms with Crippen molar-refractivity contribution < 1.29 is 14.3 Å². The number of aryl methyl sites for hydroxylation is 1. The summed E-state index contributed by atoms with van der Waals surface area (Å²) in [6.45, 7) is 2.56. The van der Waals surface area contributed by atoms with E-state index in [2.05, 4.69) is 9.97 Å². The summed E-state index contributed by atoms with van der Waals surface area (Å²) in [5.41, 5.74) is 3.76. The number of nitrogens with zero attached hydrogens (tertiary/aromatic N) is 2. The lowest BCUT2D eigenvalue weighted by atomic mass is 10.2. The summed E-state index contributed by atoms with van der Waals surface area (Å²) in [5, 5.41) is 0. The number of esters is 1. The van der Waals surface area contributed by atoms with E-state index in [0.29, 0.717) is 12.5 Å².